The highest BCUT2D eigenvalue weighted by atomic mass is 32.2. The Kier molecular flexibility index (Phi) is 6.49. The van der Waals surface area contributed by atoms with Crippen LogP contribution in [-0.2, 0) is 4.18 Å². The van der Waals surface area contributed by atoms with Crippen LogP contribution in [0.15, 0.2) is 49.2 Å². The molecule has 3 rings (SSSR count). The second-order valence-corrected chi connectivity index (χ2v) is 6.91. The number of rotatable bonds is 8. The Morgan fingerprint density at radius 2 is 2.35 bits per heavy atom. The van der Waals surface area contributed by atoms with Crippen molar-refractivity contribution < 1.29 is 4.18 Å². The van der Waals surface area contributed by atoms with Crippen molar-refractivity contribution in [1.82, 2.24) is 20.1 Å². The minimum atomic E-state index is 0.388. The van der Waals surface area contributed by atoms with E-state index in [0.29, 0.717) is 18.6 Å². The molecule has 0 aliphatic heterocycles. The summed E-state index contributed by atoms with van der Waals surface area (Å²) in [5.41, 5.74) is 2.77. The molecule has 2 aromatic rings. The topological polar surface area (TPSA) is 78.0 Å². The van der Waals surface area contributed by atoms with Gasteiger partial charge in [0.1, 0.15) is 11.5 Å². The van der Waals surface area contributed by atoms with Gasteiger partial charge >= 0.3 is 0 Å². The van der Waals surface area contributed by atoms with Gasteiger partial charge in [-0.15, -0.1) is 0 Å². The maximum absolute atomic E-state index is 5.35. The number of pyridine rings is 1. The molecule has 2 unspecified atom stereocenters. The Balaban J connectivity index is 1.74. The lowest BCUT2D eigenvalue weighted by Crippen LogP contribution is -2.29. The smallest absolute Gasteiger partial charge is 0.127 e. The summed E-state index contributed by atoms with van der Waals surface area (Å²) in [6.45, 7) is 6.59. The van der Waals surface area contributed by atoms with Crippen LogP contribution < -0.4 is 10.5 Å². The van der Waals surface area contributed by atoms with Gasteiger partial charge in [-0.25, -0.2) is 4.68 Å². The predicted octanol–water partition coefficient (Wildman–Crippen LogP) is 3.53. The average Bonchev–Trinajstić information content (AvgIpc) is 3.27. The first-order valence-electron chi connectivity index (χ1n) is 8.77. The molecule has 1 saturated carbocycles. The highest BCUT2D eigenvalue weighted by Crippen LogP contribution is 2.28. The molecular formula is C19H25N5OS. The van der Waals surface area contributed by atoms with Crippen LogP contribution in [-0.4, -0.2) is 27.4 Å². The van der Waals surface area contributed by atoms with Gasteiger partial charge in [0.15, 0.2) is 0 Å². The van der Waals surface area contributed by atoms with Crippen LogP contribution in [0.1, 0.15) is 25.0 Å². The van der Waals surface area contributed by atoms with Gasteiger partial charge < -0.3 is 9.50 Å². The Bertz CT molecular complexity index is 759. The molecule has 0 aromatic carbocycles. The molecule has 7 heteroatoms. The number of hydrogen-bond acceptors (Lipinski definition) is 6. The molecule has 2 heterocycles. The highest BCUT2D eigenvalue weighted by molar-refractivity contribution is 7.92. The van der Waals surface area contributed by atoms with Crippen molar-refractivity contribution >= 4 is 18.0 Å². The molecule has 0 radical (unpaired) electrons. The molecule has 0 bridgehead atoms. The molecule has 6 nitrogen and oxygen atoms in total. The lowest BCUT2D eigenvalue weighted by Gasteiger charge is -2.18. The molecule has 1 fully saturated rings. The lowest BCUT2D eigenvalue weighted by atomic mass is 10.1. The fourth-order valence-corrected chi connectivity index (χ4v) is 3.62. The molecule has 0 amide bonds. The number of aryl methyl sites for hydroxylation is 1. The van der Waals surface area contributed by atoms with Crippen LogP contribution in [0.3, 0.4) is 0 Å². The van der Waals surface area contributed by atoms with Crippen molar-refractivity contribution in [3.63, 3.8) is 0 Å². The number of nitrogens with zero attached hydrogens (tertiary/aromatic N) is 3. The van der Waals surface area contributed by atoms with E-state index in [1.165, 1.54) is 0 Å². The van der Waals surface area contributed by atoms with Crippen LogP contribution >= 0.6 is 12.2 Å². The third kappa shape index (κ3) is 4.55. The van der Waals surface area contributed by atoms with E-state index in [1.807, 2.05) is 41.9 Å². The van der Waals surface area contributed by atoms with E-state index in [1.54, 1.807) is 12.3 Å². The zero-order valence-corrected chi connectivity index (χ0v) is 15.8. The first kappa shape index (κ1) is 18.7. The molecule has 2 aromatic heterocycles. The van der Waals surface area contributed by atoms with Crippen molar-refractivity contribution in [2.45, 2.75) is 32.2 Å². The molecule has 26 heavy (non-hydrogen) atoms. The summed E-state index contributed by atoms with van der Waals surface area (Å²) in [6, 6.07) is 8.27. The highest BCUT2D eigenvalue weighted by Gasteiger charge is 2.26. The van der Waals surface area contributed by atoms with E-state index < -0.39 is 0 Å². The minimum Gasteiger partial charge on any atom is -0.367 e. The van der Waals surface area contributed by atoms with Gasteiger partial charge in [-0.2, -0.15) is 5.10 Å². The number of allylic oxidation sites excluding steroid dienone is 2. The molecule has 1 aliphatic carbocycles. The zero-order chi connectivity index (χ0) is 18.4. The standard InChI is InChI=1S/C19H25N5OS/c1-3-6-19(22-16-9-8-15(12-16)13-25-26-20)24-14(2)11-18(23-24)17-7-4-5-10-21-17/h3-7,10-11,15-16,22H,1,8-9,12-13,20H2,2H3/b19-6-. The van der Waals surface area contributed by atoms with E-state index in [2.05, 4.69) is 16.9 Å². The summed E-state index contributed by atoms with van der Waals surface area (Å²) >= 11 is 0.946. The zero-order valence-electron chi connectivity index (χ0n) is 15.0. The monoisotopic (exact) mass is 371 g/mol. The Morgan fingerprint density at radius 3 is 3.08 bits per heavy atom. The first-order valence-corrected chi connectivity index (χ1v) is 9.57. The van der Waals surface area contributed by atoms with Crippen molar-refractivity contribution in [2.75, 3.05) is 6.61 Å². The lowest BCUT2D eigenvalue weighted by molar-refractivity contribution is 0.288. The maximum Gasteiger partial charge on any atom is 0.127 e. The van der Waals surface area contributed by atoms with Gasteiger partial charge in [0, 0.05) is 17.9 Å². The Morgan fingerprint density at radius 1 is 1.46 bits per heavy atom. The second kappa shape index (κ2) is 9.02. The molecule has 138 valence electrons. The summed E-state index contributed by atoms with van der Waals surface area (Å²) in [6.07, 6.45) is 8.82. The minimum absolute atomic E-state index is 0.388. The SMILES string of the molecule is C=C/C=C(/NC1CCC(COSN)C1)n1nc(-c2ccccn2)cc1C. The summed E-state index contributed by atoms with van der Waals surface area (Å²) in [5, 5.41) is 13.7. The number of nitrogens with one attached hydrogen (secondary N) is 1. The third-order valence-corrected chi connectivity index (χ3v) is 4.86. The molecular weight excluding hydrogens is 346 g/mol. The van der Waals surface area contributed by atoms with Crippen molar-refractivity contribution in [1.29, 1.82) is 0 Å². The summed E-state index contributed by atoms with van der Waals surface area (Å²) in [4.78, 5) is 4.39. The van der Waals surface area contributed by atoms with Crippen molar-refractivity contribution in [3.8, 4) is 11.4 Å². The van der Waals surface area contributed by atoms with Gasteiger partial charge in [0.2, 0.25) is 0 Å². The number of aromatic nitrogens is 3. The molecule has 0 spiro atoms. The van der Waals surface area contributed by atoms with Crippen LogP contribution in [0.25, 0.3) is 17.2 Å². The third-order valence-electron chi connectivity index (χ3n) is 4.58. The van der Waals surface area contributed by atoms with E-state index >= 15 is 0 Å². The van der Waals surface area contributed by atoms with Crippen LogP contribution in [0.5, 0.6) is 0 Å². The van der Waals surface area contributed by atoms with Crippen molar-refractivity contribution in [3.05, 3.63) is 54.9 Å². The van der Waals surface area contributed by atoms with Gasteiger partial charge in [-0.3, -0.25) is 10.1 Å². The van der Waals surface area contributed by atoms with E-state index in [9.17, 15) is 0 Å². The quantitative estimate of drug-likeness (QED) is 0.420. The maximum atomic E-state index is 5.35. The van der Waals surface area contributed by atoms with Crippen molar-refractivity contribution in [2.24, 2.45) is 11.1 Å². The molecule has 0 saturated heterocycles. The van der Waals surface area contributed by atoms with Gasteiger partial charge in [-0.1, -0.05) is 18.7 Å². The van der Waals surface area contributed by atoms with E-state index in [0.717, 1.165) is 54.4 Å². The van der Waals surface area contributed by atoms with Crippen LogP contribution in [0.4, 0.5) is 0 Å². The summed E-state index contributed by atoms with van der Waals surface area (Å²) in [5.74, 6) is 1.47. The second-order valence-electron chi connectivity index (χ2n) is 6.49. The van der Waals surface area contributed by atoms with E-state index in [4.69, 9.17) is 14.4 Å². The fraction of sp³-hybridized carbons (Fsp3) is 0.368. The van der Waals surface area contributed by atoms with Crippen LogP contribution in [0.2, 0.25) is 0 Å². The van der Waals surface area contributed by atoms with Gasteiger partial charge in [0.05, 0.1) is 24.5 Å². The normalized spacial score (nSPS) is 20.3. The molecule has 2 atom stereocenters. The summed E-state index contributed by atoms with van der Waals surface area (Å²) < 4.78 is 7.21. The summed E-state index contributed by atoms with van der Waals surface area (Å²) in [7, 11) is 0. The van der Waals surface area contributed by atoms with Gasteiger partial charge in [0.25, 0.3) is 0 Å². The fourth-order valence-electron chi connectivity index (χ4n) is 3.35. The largest absolute Gasteiger partial charge is 0.367 e. The van der Waals surface area contributed by atoms with Crippen LogP contribution in [0, 0.1) is 12.8 Å². The Hall–Kier alpha value is -2.09. The molecule has 3 N–H and O–H groups in total. The predicted molar refractivity (Wildman–Crippen MR) is 107 cm³/mol. The first-order chi connectivity index (χ1) is 12.7. The molecule has 1 aliphatic rings. The number of hydrogen-bond donors (Lipinski definition) is 2. The number of nitrogens with two attached hydrogens (primary N) is 1. The average molecular weight is 372 g/mol. The van der Waals surface area contributed by atoms with E-state index in [-0.39, 0.29) is 0 Å². The Labute approximate surface area is 158 Å². The van der Waals surface area contributed by atoms with Gasteiger partial charge in [-0.05, 0) is 56.4 Å².